The average molecular weight is 466 g/mol. The minimum atomic E-state index is 0.00540. The van der Waals surface area contributed by atoms with Gasteiger partial charge < -0.3 is 24.7 Å². The lowest BCUT2D eigenvalue weighted by Gasteiger charge is -2.29. The highest BCUT2D eigenvalue weighted by Gasteiger charge is 2.26. The molecule has 0 saturated heterocycles. The van der Waals surface area contributed by atoms with Crippen molar-refractivity contribution >= 4 is 49.6 Å². The molecule has 152 valence electrons. The van der Waals surface area contributed by atoms with E-state index in [4.69, 9.17) is 9.84 Å². The molecule has 1 unspecified atom stereocenters. The third-order valence-corrected chi connectivity index (χ3v) is 5.84. The second-order valence-corrected chi connectivity index (χ2v) is 8.26. The Morgan fingerprint density at radius 3 is 2.87 bits per heavy atom. The minimum Gasteiger partial charge on any atom is -0.624 e. The molecule has 0 aliphatic carbocycles. The quantitative estimate of drug-likeness (QED) is 0.335. The van der Waals surface area contributed by atoms with Crippen molar-refractivity contribution < 1.29 is 14.9 Å². The van der Waals surface area contributed by atoms with Gasteiger partial charge >= 0.3 is 0 Å². The summed E-state index contributed by atoms with van der Waals surface area (Å²) in [4.78, 5) is 4.17. The SMILES string of the molecule is [O-][NH+]1C(Cc2cccnc2)=Cn2c3cc(Br)ccc3c3cc(OCCCO)cc1c32. The monoisotopic (exact) mass is 465 g/mol. The summed E-state index contributed by atoms with van der Waals surface area (Å²) in [7, 11) is 0. The van der Waals surface area contributed by atoms with E-state index in [1.807, 2.05) is 36.5 Å². The van der Waals surface area contributed by atoms with Crippen LogP contribution in [0.5, 0.6) is 5.75 Å². The molecule has 0 bridgehead atoms. The van der Waals surface area contributed by atoms with Crippen molar-refractivity contribution in [1.29, 1.82) is 0 Å². The highest BCUT2D eigenvalue weighted by molar-refractivity contribution is 9.10. The van der Waals surface area contributed by atoms with E-state index in [-0.39, 0.29) is 11.7 Å². The van der Waals surface area contributed by atoms with Gasteiger partial charge in [0.05, 0.1) is 24.7 Å². The summed E-state index contributed by atoms with van der Waals surface area (Å²) in [5, 5.41) is 24.5. The Bertz CT molecular complexity index is 1270. The fourth-order valence-electron chi connectivity index (χ4n) is 4.01. The highest BCUT2D eigenvalue weighted by atomic mass is 79.9. The number of hydrogen-bond acceptors (Lipinski definition) is 4. The number of allylic oxidation sites excluding steroid dienone is 1. The average Bonchev–Trinajstić information content (AvgIpc) is 3.05. The predicted octanol–water partition coefficient (Wildman–Crippen LogP) is 3.78. The Hall–Kier alpha value is -2.71. The second kappa shape index (κ2) is 7.85. The van der Waals surface area contributed by atoms with Gasteiger partial charge in [-0.3, -0.25) is 4.98 Å². The van der Waals surface area contributed by atoms with Crippen molar-refractivity contribution in [3.05, 3.63) is 75.8 Å². The van der Waals surface area contributed by atoms with Crippen LogP contribution in [0.25, 0.3) is 28.0 Å². The molecule has 1 aliphatic heterocycles. The van der Waals surface area contributed by atoms with E-state index in [9.17, 15) is 5.21 Å². The first-order valence-electron chi connectivity index (χ1n) is 9.81. The zero-order chi connectivity index (χ0) is 20.7. The zero-order valence-corrected chi connectivity index (χ0v) is 17.7. The lowest BCUT2D eigenvalue weighted by atomic mass is 10.1. The number of nitrogens with one attached hydrogen (secondary N) is 1. The number of nitrogens with zero attached hydrogens (tertiary/aromatic N) is 2. The number of fused-ring (bicyclic) bond motifs is 3. The van der Waals surface area contributed by atoms with E-state index >= 15 is 0 Å². The highest BCUT2D eigenvalue weighted by Crippen LogP contribution is 2.39. The van der Waals surface area contributed by atoms with Crippen LogP contribution < -0.4 is 9.80 Å². The van der Waals surface area contributed by atoms with E-state index in [1.165, 1.54) is 0 Å². The number of hydroxylamine groups is 1. The fraction of sp³-hybridized carbons (Fsp3) is 0.174. The van der Waals surface area contributed by atoms with Gasteiger partial charge in [0.15, 0.2) is 5.69 Å². The van der Waals surface area contributed by atoms with Crippen LogP contribution in [0.1, 0.15) is 12.0 Å². The first kappa shape index (κ1) is 19.3. The Morgan fingerprint density at radius 1 is 1.17 bits per heavy atom. The van der Waals surface area contributed by atoms with Gasteiger partial charge in [0, 0.05) is 46.7 Å². The van der Waals surface area contributed by atoms with Gasteiger partial charge in [-0.05, 0) is 29.8 Å². The number of quaternary nitrogens is 1. The van der Waals surface area contributed by atoms with Gasteiger partial charge in [0.2, 0.25) is 0 Å². The van der Waals surface area contributed by atoms with Crippen molar-refractivity contribution in [2.45, 2.75) is 12.8 Å². The maximum Gasteiger partial charge on any atom is 0.164 e. The number of aromatic nitrogens is 2. The van der Waals surface area contributed by atoms with Crippen molar-refractivity contribution in [1.82, 2.24) is 9.55 Å². The molecule has 4 aromatic rings. The van der Waals surface area contributed by atoms with Gasteiger partial charge in [-0.1, -0.05) is 28.1 Å². The van der Waals surface area contributed by atoms with E-state index in [2.05, 4.69) is 37.6 Å². The van der Waals surface area contributed by atoms with Crippen molar-refractivity contribution in [3.63, 3.8) is 0 Å². The number of benzene rings is 2. The van der Waals surface area contributed by atoms with Crippen LogP contribution in [0.4, 0.5) is 5.69 Å². The summed E-state index contributed by atoms with van der Waals surface area (Å²) in [5.41, 5.74) is 4.27. The Morgan fingerprint density at radius 2 is 2.07 bits per heavy atom. The van der Waals surface area contributed by atoms with Crippen molar-refractivity contribution in [2.24, 2.45) is 0 Å². The summed E-state index contributed by atoms with van der Waals surface area (Å²) in [5.74, 6) is 0.642. The molecule has 2 aromatic carbocycles. The first-order valence-corrected chi connectivity index (χ1v) is 10.6. The maximum atomic E-state index is 13.4. The van der Waals surface area contributed by atoms with Gasteiger partial charge in [0.25, 0.3) is 0 Å². The Labute approximate surface area is 181 Å². The number of aliphatic hydroxyl groups is 1. The number of hydrogen-bond donors (Lipinski definition) is 2. The molecule has 2 aromatic heterocycles. The second-order valence-electron chi connectivity index (χ2n) is 7.35. The number of pyridine rings is 1. The largest absolute Gasteiger partial charge is 0.624 e. The van der Waals surface area contributed by atoms with E-state index in [0.717, 1.165) is 31.8 Å². The van der Waals surface area contributed by atoms with Gasteiger partial charge in [-0.15, -0.1) is 0 Å². The molecule has 2 N–H and O–H groups in total. The Kier molecular flexibility index (Phi) is 5.04. The lowest BCUT2D eigenvalue weighted by molar-refractivity contribution is -0.731. The van der Waals surface area contributed by atoms with Crippen molar-refractivity contribution in [3.8, 4) is 5.75 Å². The third kappa shape index (κ3) is 3.30. The van der Waals surface area contributed by atoms with Gasteiger partial charge in [-0.25, -0.2) is 0 Å². The molecule has 7 heteroatoms. The standard InChI is InChI=1S/C23H20BrN3O3/c24-16-4-5-19-20-11-18(30-8-2-7-28)12-22-23(20)26(21(19)10-16)14-17(27(22)29)9-15-3-1-6-25-13-15/h1,3-6,10-14,27-28H,2,7-9H2. The Balaban J connectivity index is 1.70. The van der Waals surface area contributed by atoms with Crippen LogP contribution >= 0.6 is 15.9 Å². The molecule has 0 radical (unpaired) electrons. The summed E-state index contributed by atoms with van der Waals surface area (Å²) in [6.07, 6.45) is 6.52. The minimum absolute atomic E-state index is 0.00540. The summed E-state index contributed by atoms with van der Waals surface area (Å²) < 4.78 is 8.93. The van der Waals surface area contributed by atoms with Gasteiger partial charge in [0.1, 0.15) is 17.0 Å². The third-order valence-electron chi connectivity index (χ3n) is 5.34. The smallest absolute Gasteiger partial charge is 0.164 e. The van der Waals surface area contributed by atoms with E-state index < -0.39 is 0 Å². The maximum absolute atomic E-state index is 13.4. The molecule has 1 atom stereocenters. The molecule has 3 heterocycles. The number of ether oxygens (including phenoxy) is 1. The zero-order valence-electron chi connectivity index (χ0n) is 16.1. The fourth-order valence-corrected chi connectivity index (χ4v) is 4.36. The number of halogens is 1. The number of rotatable bonds is 6. The molecule has 1 aliphatic rings. The molecule has 0 amide bonds. The van der Waals surface area contributed by atoms with Crippen molar-refractivity contribution in [2.75, 3.05) is 13.2 Å². The molecule has 30 heavy (non-hydrogen) atoms. The van der Waals surface area contributed by atoms with Gasteiger partial charge in [-0.2, -0.15) is 0 Å². The van der Waals surface area contributed by atoms with Crippen LogP contribution in [-0.4, -0.2) is 27.9 Å². The van der Waals surface area contributed by atoms with E-state index in [0.29, 0.717) is 36.6 Å². The van der Waals surface area contributed by atoms with Crippen LogP contribution in [0, 0.1) is 5.21 Å². The molecule has 5 rings (SSSR count). The van der Waals surface area contributed by atoms with Crippen LogP contribution in [0.3, 0.4) is 0 Å². The molecular weight excluding hydrogens is 446 g/mol. The molecule has 6 nitrogen and oxygen atoms in total. The molecular formula is C23H20BrN3O3. The normalized spacial score (nSPS) is 15.6. The first-order chi connectivity index (χ1) is 14.7. The van der Waals surface area contributed by atoms with Crippen LogP contribution in [0.15, 0.2) is 65.0 Å². The summed E-state index contributed by atoms with van der Waals surface area (Å²) in [6, 6.07) is 13.8. The van der Waals surface area contributed by atoms with E-state index in [1.54, 1.807) is 12.4 Å². The summed E-state index contributed by atoms with van der Waals surface area (Å²) in [6.45, 7) is 0.470. The molecule has 0 fully saturated rings. The number of aliphatic hydroxyl groups excluding tert-OH is 1. The predicted molar refractivity (Wildman–Crippen MR) is 121 cm³/mol. The van der Waals surface area contributed by atoms with Crippen LogP contribution in [0.2, 0.25) is 0 Å². The van der Waals surface area contributed by atoms with Crippen LogP contribution in [-0.2, 0) is 6.42 Å². The summed E-state index contributed by atoms with van der Waals surface area (Å²) >= 11 is 3.57. The molecule has 0 saturated carbocycles. The topological polar surface area (TPSA) is 74.8 Å². The molecule has 0 spiro atoms. The lowest BCUT2D eigenvalue weighted by Crippen LogP contribution is -3.00.